The van der Waals surface area contributed by atoms with Gasteiger partial charge in [-0.15, -0.1) is 11.3 Å². The molecule has 0 aliphatic heterocycles. The van der Waals surface area contributed by atoms with E-state index < -0.39 is 6.10 Å². The van der Waals surface area contributed by atoms with Gasteiger partial charge in [0.25, 0.3) is 0 Å². The van der Waals surface area contributed by atoms with E-state index in [1.807, 2.05) is 36.6 Å². The molecule has 1 aromatic carbocycles. The van der Waals surface area contributed by atoms with Gasteiger partial charge < -0.3 is 5.11 Å². The Kier molecular flexibility index (Phi) is 3.27. The third kappa shape index (κ3) is 2.50. The van der Waals surface area contributed by atoms with E-state index in [4.69, 9.17) is 0 Å². The van der Waals surface area contributed by atoms with Crippen LogP contribution in [-0.4, -0.2) is 15.1 Å². The van der Waals surface area contributed by atoms with E-state index in [1.54, 1.807) is 23.7 Å². The van der Waals surface area contributed by atoms with Gasteiger partial charge in [-0.3, -0.25) is 4.98 Å². The van der Waals surface area contributed by atoms with Crippen molar-refractivity contribution in [3.05, 3.63) is 58.3 Å². The second-order valence-corrected chi connectivity index (χ2v) is 5.49. The molecule has 19 heavy (non-hydrogen) atoms. The van der Waals surface area contributed by atoms with Gasteiger partial charge in [0.15, 0.2) is 0 Å². The molecule has 3 aromatic rings. The summed E-state index contributed by atoms with van der Waals surface area (Å²) >= 11 is 1.59. The van der Waals surface area contributed by atoms with E-state index in [-0.39, 0.29) is 0 Å². The molecular formula is C15H14N2OS. The SMILES string of the molecule is Cc1csc(CC(O)c2cccc3ccncc23)n1. The molecule has 0 spiro atoms. The van der Waals surface area contributed by atoms with Crippen molar-refractivity contribution in [1.29, 1.82) is 0 Å². The number of thiazole rings is 1. The van der Waals surface area contributed by atoms with Gasteiger partial charge >= 0.3 is 0 Å². The van der Waals surface area contributed by atoms with E-state index in [0.29, 0.717) is 6.42 Å². The summed E-state index contributed by atoms with van der Waals surface area (Å²) in [6.07, 6.45) is 3.58. The van der Waals surface area contributed by atoms with Gasteiger partial charge in [-0.2, -0.15) is 0 Å². The molecule has 0 aliphatic carbocycles. The highest BCUT2D eigenvalue weighted by molar-refractivity contribution is 7.09. The summed E-state index contributed by atoms with van der Waals surface area (Å²) in [6, 6.07) is 7.91. The van der Waals surface area contributed by atoms with Crippen LogP contribution in [0.1, 0.15) is 22.4 Å². The van der Waals surface area contributed by atoms with Gasteiger partial charge in [0.1, 0.15) is 0 Å². The Morgan fingerprint density at radius 2 is 2.21 bits per heavy atom. The lowest BCUT2D eigenvalue weighted by Crippen LogP contribution is -2.02. The normalized spacial score (nSPS) is 12.7. The molecule has 1 unspecified atom stereocenters. The number of pyridine rings is 1. The van der Waals surface area contributed by atoms with Crippen LogP contribution in [0.15, 0.2) is 42.0 Å². The fourth-order valence-corrected chi connectivity index (χ4v) is 3.01. The second kappa shape index (κ2) is 5.07. The Labute approximate surface area is 115 Å². The molecule has 4 heteroatoms. The van der Waals surface area contributed by atoms with E-state index in [9.17, 15) is 5.11 Å². The average molecular weight is 270 g/mol. The minimum Gasteiger partial charge on any atom is -0.388 e. The monoisotopic (exact) mass is 270 g/mol. The number of nitrogens with zero attached hydrogens (tertiary/aromatic N) is 2. The molecule has 3 rings (SSSR count). The molecule has 0 aliphatic rings. The fraction of sp³-hybridized carbons (Fsp3) is 0.200. The summed E-state index contributed by atoms with van der Waals surface area (Å²) < 4.78 is 0. The molecule has 0 fully saturated rings. The molecule has 2 aromatic heterocycles. The molecule has 1 atom stereocenters. The summed E-state index contributed by atoms with van der Waals surface area (Å²) in [6.45, 7) is 1.97. The Morgan fingerprint density at radius 1 is 1.32 bits per heavy atom. The van der Waals surface area contributed by atoms with E-state index in [1.165, 1.54) is 0 Å². The third-order valence-electron chi connectivity index (χ3n) is 3.11. The predicted molar refractivity (Wildman–Crippen MR) is 77.3 cm³/mol. The summed E-state index contributed by atoms with van der Waals surface area (Å²) in [5.74, 6) is 0. The number of aliphatic hydroxyl groups is 1. The number of aromatic nitrogens is 2. The standard InChI is InChI=1S/C15H14N2OS/c1-10-9-19-15(17-10)7-14(18)12-4-2-3-11-5-6-16-8-13(11)12/h2-6,8-9,14,18H,7H2,1H3. The Hall–Kier alpha value is -1.78. The lowest BCUT2D eigenvalue weighted by molar-refractivity contribution is 0.180. The molecule has 0 amide bonds. The largest absolute Gasteiger partial charge is 0.388 e. The lowest BCUT2D eigenvalue weighted by atomic mass is 10.0. The minimum atomic E-state index is -0.543. The first-order valence-electron chi connectivity index (χ1n) is 6.16. The molecule has 3 nitrogen and oxygen atoms in total. The van der Waals surface area contributed by atoms with Crippen molar-refractivity contribution in [3.8, 4) is 0 Å². The maximum absolute atomic E-state index is 10.4. The van der Waals surface area contributed by atoms with E-state index in [0.717, 1.165) is 27.0 Å². The van der Waals surface area contributed by atoms with Crippen LogP contribution in [0.4, 0.5) is 0 Å². The van der Waals surface area contributed by atoms with Crippen LogP contribution in [0.5, 0.6) is 0 Å². The van der Waals surface area contributed by atoms with Gasteiger partial charge in [-0.25, -0.2) is 4.98 Å². The average Bonchev–Trinajstić information content (AvgIpc) is 2.83. The Bertz CT molecular complexity index is 703. The first-order valence-corrected chi connectivity index (χ1v) is 7.04. The second-order valence-electron chi connectivity index (χ2n) is 4.55. The van der Waals surface area contributed by atoms with Crippen LogP contribution < -0.4 is 0 Å². The van der Waals surface area contributed by atoms with Crippen LogP contribution in [0, 0.1) is 6.92 Å². The highest BCUT2D eigenvalue weighted by Crippen LogP contribution is 2.26. The summed E-state index contributed by atoms with van der Waals surface area (Å²) in [4.78, 5) is 8.54. The minimum absolute atomic E-state index is 0.543. The van der Waals surface area contributed by atoms with Crippen LogP contribution in [0.2, 0.25) is 0 Å². The van der Waals surface area contributed by atoms with Crippen molar-refractivity contribution >= 4 is 22.1 Å². The molecule has 2 heterocycles. The topological polar surface area (TPSA) is 46.0 Å². The summed E-state index contributed by atoms with van der Waals surface area (Å²) in [7, 11) is 0. The van der Waals surface area contributed by atoms with Crippen molar-refractivity contribution in [2.75, 3.05) is 0 Å². The van der Waals surface area contributed by atoms with Crippen molar-refractivity contribution in [3.63, 3.8) is 0 Å². The van der Waals surface area contributed by atoms with Crippen LogP contribution >= 0.6 is 11.3 Å². The molecule has 96 valence electrons. The van der Waals surface area contributed by atoms with Gasteiger partial charge in [0.05, 0.1) is 11.1 Å². The number of fused-ring (bicyclic) bond motifs is 1. The van der Waals surface area contributed by atoms with E-state index >= 15 is 0 Å². The van der Waals surface area contributed by atoms with Crippen LogP contribution in [0.3, 0.4) is 0 Å². The van der Waals surface area contributed by atoms with Crippen LogP contribution in [-0.2, 0) is 6.42 Å². The third-order valence-corrected chi connectivity index (χ3v) is 4.10. The highest BCUT2D eigenvalue weighted by Gasteiger charge is 2.13. The summed E-state index contributed by atoms with van der Waals surface area (Å²) in [5, 5.41) is 15.5. The molecule has 1 N–H and O–H groups in total. The lowest BCUT2D eigenvalue weighted by Gasteiger charge is -2.12. The number of benzene rings is 1. The van der Waals surface area contributed by atoms with Gasteiger partial charge in [0.2, 0.25) is 0 Å². The van der Waals surface area contributed by atoms with Crippen molar-refractivity contribution in [2.24, 2.45) is 0 Å². The van der Waals surface area contributed by atoms with Crippen molar-refractivity contribution in [1.82, 2.24) is 9.97 Å². The maximum atomic E-state index is 10.4. The van der Waals surface area contributed by atoms with Gasteiger partial charge in [-0.05, 0) is 23.9 Å². The molecule has 0 bridgehead atoms. The van der Waals surface area contributed by atoms with Gasteiger partial charge in [0, 0.05) is 35.3 Å². The van der Waals surface area contributed by atoms with E-state index in [2.05, 4.69) is 9.97 Å². The first-order chi connectivity index (χ1) is 9.24. The number of aryl methyl sites for hydroxylation is 1. The molecule has 0 saturated heterocycles. The zero-order chi connectivity index (χ0) is 13.2. The van der Waals surface area contributed by atoms with Crippen molar-refractivity contribution < 1.29 is 5.11 Å². The smallest absolute Gasteiger partial charge is 0.0957 e. The number of hydrogen-bond donors (Lipinski definition) is 1. The number of aliphatic hydroxyl groups excluding tert-OH is 1. The number of rotatable bonds is 3. The fourth-order valence-electron chi connectivity index (χ4n) is 2.20. The Morgan fingerprint density at radius 3 is 3.00 bits per heavy atom. The van der Waals surface area contributed by atoms with Gasteiger partial charge in [-0.1, -0.05) is 18.2 Å². The highest BCUT2D eigenvalue weighted by atomic mass is 32.1. The van der Waals surface area contributed by atoms with Crippen LogP contribution in [0.25, 0.3) is 10.8 Å². The first kappa shape index (κ1) is 12.3. The molecule has 0 saturated carbocycles. The predicted octanol–water partition coefficient (Wildman–Crippen LogP) is 3.28. The van der Waals surface area contributed by atoms with Crippen molar-refractivity contribution in [2.45, 2.75) is 19.4 Å². The maximum Gasteiger partial charge on any atom is 0.0957 e. The zero-order valence-corrected chi connectivity index (χ0v) is 11.4. The zero-order valence-electron chi connectivity index (χ0n) is 10.6. The number of hydrogen-bond acceptors (Lipinski definition) is 4. The molecular weight excluding hydrogens is 256 g/mol. The quantitative estimate of drug-likeness (QED) is 0.794. The molecule has 0 radical (unpaired) electrons. The Balaban J connectivity index is 1.95. The summed E-state index contributed by atoms with van der Waals surface area (Å²) in [5.41, 5.74) is 1.92.